The molecule has 1 aromatic rings. The van der Waals surface area contributed by atoms with Gasteiger partial charge >= 0.3 is 5.69 Å². The molecular formula is C6H5ClN2O3. The van der Waals surface area contributed by atoms with Gasteiger partial charge in [-0.2, -0.15) is 0 Å². The van der Waals surface area contributed by atoms with Gasteiger partial charge in [-0.1, -0.05) is 11.6 Å². The molecule has 1 aromatic heterocycles. The Hall–Kier alpha value is -1.36. The SMILES string of the molecule is Cc1c(Cl)cnc(O)c1[N+](=O)[O-]. The third-order valence-electron chi connectivity index (χ3n) is 1.41. The van der Waals surface area contributed by atoms with Crippen LogP contribution < -0.4 is 0 Å². The van der Waals surface area contributed by atoms with E-state index >= 15 is 0 Å². The molecule has 64 valence electrons. The van der Waals surface area contributed by atoms with Gasteiger partial charge in [-0.15, -0.1) is 0 Å². The first kappa shape index (κ1) is 8.73. The number of hydrogen-bond donors (Lipinski definition) is 1. The zero-order valence-corrected chi connectivity index (χ0v) is 6.87. The molecule has 0 atom stereocenters. The van der Waals surface area contributed by atoms with E-state index in [-0.39, 0.29) is 10.6 Å². The van der Waals surface area contributed by atoms with E-state index in [1.54, 1.807) is 0 Å². The first-order chi connectivity index (χ1) is 5.54. The Morgan fingerprint density at radius 2 is 2.33 bits per heavy atom. The van der Waals surface area contributed by atoms with Crippen LogP contribution >= 0.6 is 11.6 Å². The molecule has 1 rings (SSSR count). The average Bonchev–Trinajstić information content (AvgIpc) is 1.97. The first-order valence-electron chi connectivity index (χ1n) is 3.02. The number of aromatic nitrogens is 1. The number of pyridine rings is 1. The Kier molecular flexibility index (Phi) is 2.14. The number of rotatable bonds is 1. The zero-order valence-electron chi connectivity index (χ0n) is 6.11. The highest BCUT2D eigenvalue weighted by atomic mass is 35.5. The summed E-state index contributed by atoms with van der Waals surface area (Å²) in [6, 6.07) is 0. The third-order valence-corrected chi connectivity index (χ3v) is 1.79. The van der Waals surface area contributed by atoms with Gasteiger partial charge in [0, 0.05) is 0 Å². The largest absolute Gasteiger partial charge is 0.488 e. The van der Waals surface area contributed by atoms with Crippen molar-refractivity contribution in [3.8, 4) is 5.88 Å². The Morgan fingerprint density at radius 3 is 2.75 bits per heavy atom. The third kappa shape index (κ3) is 1.31. The summed E-state index contributed by atoms with van der Waals surface area (Å²) >= 11 is 5.55. The summed E-state index contributed by atoms with van der Waals surface area (Å²) in [7, 11) is 0. The molecule has 6 heteroatoms. The van der Waals surface area contributed by atoms with Crippen molar-refractivity contribution in [2.24, 2.45) is 0 Å². The molecule has 0 aromatic carbocycles. The smallest absolute Gasteiger partial charge is 0.335 e. The van der Waals surface area contributed by atoms with Gasteiger partial charge in [0.2, 0.25) is 0 Å². The fourth-order valence-electron chi connectivity index (χ4n) is 0.775. The molecule has 1 N–H and O–H groups in total. The lowest BCUT2D eigenvalue weighted by Crippen LogP contribution is -1.94. The number of nitro groups is 1. The molecule has 1 heterocycles. The molecule has 0 aliphatic rings. The summed E-state index contributed by atoms with van der Waals surface area (Å²) in [5, 5.41) is 19.5. The molecule has 0 radical (unpaired) electrons. The molecule has 0 fully saturated rings. The van der Waals surface area contributed by atoms with Crippen LogP contribution in [0.4, 0.5) is 5.69 Å². The van der Waals surface area contributed by atoms with E-state index in [9.17, 15) is 10.1 Å². The van der Waals surface area contributed by atoms with Crippen molar-refractivity contribution in [1.82, 2.24) is 4.98 Å². The second-order valence-electron chi connectivity index (χ2n) is 2.16. The summed E-state index contributed by atoms with van der Waals surface area (Å²) in [4.78, 5) is 13.0. The monoisotopic (exact) mass is 188 g/mol. The van der Waals surface area contributed by atoms with Gasteiger partial charge in [0.25, 0.3) is 5.88 Å². The van der Waals surface area contributed by atoms with Crippen molar-refractivity contribution in [1.29, 1.82) is 0 Å². The van der Waals surface area contributed by atoms with Crippen LogP contribution in [0.2, 0.25) is 5.02 Å². The van der Waals surface area contributed by atoms with Gasteiger partial charge in [0.15, 0.2) is 0 Å². The summed E-state index contributed by atoms with van der Waals surface area (Å²) in [6.45, 7) is 1.45. The number of hydrogen-bond acceptors (Lipinski definition) is 4. The van der Waals surface area contributed by atoms with Crippen molar-refractivity contribution in [3.63, 3.8) is 0 Å². The predicted octanol–water partition coefficient (Wildman–Crippen LogP) is 1.66. The van der Waals surface area contributed by atoms with Crippen LogP contribution in [0.25, 0.3) is 0 Å². The molecule has 0 saturated carbocycles. The summed E-state index contributed by atoms with van der Waals surface area (Å²) in [6.07, 6.45) is 1.17. The highest BCUT2D eigenvalue weighted by Crippen LogP contribution is 2.31. The fourth-order valence-corrected chi connectivity index (χ4v) is 0.913. The number of nitrogens with zero attached hydrogens (tertiary/aromatic N) is 2. The lowest BCUT2D eigenvalue weighted by molar-refractivity contribution is -0.386. The van der Waals surface area contributed by atoms with E-state index in [2.05, 4.69) is 4.98 Å². The minimum Gasteiger partial charge on any atom is -0.488 e. The average molecular weight is 189 g/mol. The minimum absolute atomic E-state index is 0.166. The van der Waals surface area contributed by atoms with Crippen molar-refractivity contribution in [2.45, 2.75) is 6.92 Å². The lowest BCUT2D eigenvalue weighted by Gasteiger charge is -1.99. The Labute approximate surface area is 72.8 Å². The van der Waals surface area contributed by atoms with Crippen LogP contribution in [-0.4, -0.2) is 15.0 Å². The molecule has 0 unspecified atom stereocenters. The normalized spacial score (nSPS) is 9.83. The van der Waals surface area contributed by atoms with Crippen LogP contribution in [0.1, 0.15) is 5.56 Å². The summed E-state index contributed by atoms with van der Waals surface area (Å²) in [5.74, 6) is -0.609. The van der Waals surface area contributed by atoms with Crippen LogP contribution in [0.5, 0.6) is 5.88 Å². The van der Waals surface area contributed by atoms with E-state index in [0.29, 0.717) is 0 Å². The molecule has 0 saturated heterocycles. The van der Waals surface area contributed by atoms with Gasteiger partial charge in [0.1, 0.15) is 0 Å². The first-order valence-corrected chi connectivity index (χ1v) is 3.40. The van der Waals surface area contributed by atoms with Crippen molar-refractivity contribution in [2.75, 3.05) is 0 Å². The van der Waals surface area contributed by atoms with Crippen molar-refractivity contribution >= 4 is 17.3 Å². The Bertz CT molecular complexity index is 340. The molecule has 12 heavy (non-hydrogen) atoms. The van der Waals surface area contributed by atoms with E-state index < -0.39 is 16.5 Å². The Balaban J connectivity index is 3.43. The molecule has 0 spiro atoms. The van der Waals surface area contributed by atoms with Gasteiger partial charge in [-0.3, -0.25) is 10.1 Å². The number of aromatic hydroxyl groups is 1. The predicted molar refractivity (Wildman–Crippen MR) is 42.3 cm³/mol. The molecule has 0 aliphatic carbocycles. The molecular weight excluding hydrogens is 184 g/mol. The maximum Gasteiger partial charge on any atom is 0.335 e. The van der Waals surface area contributed by atoms with Crippen LogP contribution in [0, 0.1) is 17.0 Å². The van der Waals surface area contributed by atoms with Gasteiger partial charge in [0.05, 0.1) is 21.7 Å². The van der Waals surface area contributed by atoms with Crippen molar-refractivity contribution < 1.29 is 10.0 Å². The molecule has 5 nitrogen and oxygen atoms in total. The zero-order chi connectivity index (χ0) is 9.30. The fraction of sp³-hybridized carbons (Fsp3) is 0.167. The van der Waals surface area contributed by atoms with Crippen LogP contribution in [0.15, 0.2) is 6.20 Å². The second-order valence-corrected chi connectivity index (χ2v) is 2.57. The minimum atomic E-state index is -0.719. The molecule has 0 amide bonds. The van der Waals surface area contributed by atoms with Crippen molar-refractivity contribution in [3.05, 3.63) is 26.9 Å². The second kappa shape index (κ2) is 2.94. The molecule has 0 bridgehead atoms. The van der Waals surface area contributed by atoms with Gasteiger partial charge in [-0.25, -0.2) is 4.98 Å². The lowest BCUT2D eigenvalue weighted by atomic mass is 10.2. The van der Waals surface area contributed by atoms with E-state index in [0.717, 1.165) is 0 Å². The standard InChI is InChI=1S/C6H5ClN2O3/c1-3-4(7)2-8-6(10)5(3)9(11)12/h2H,1H3,(H,8,10). The quantitative estimate of drug-likeness (QED) is 0.537. The maximum atomic E-state index is 10.3. The van der Waals surface area contributed by atoms with Crippen LogP contribution in [-0.2, 0) is 0 Å². The van der Waals surface area contributed by atoms with E-state index in [4.69, 9.17) is 16.7 Å². The summed E-state index contributed by atoms with van der Waals surface area (Å²) < 4.78 is 0. The van der Waals surface area contributed by atoms with E-state index in [1.165, 1.54) is 13.1 Å². The summed E-state index contributed by atoms with van der Waals surface area (Å²) in [5.41, 5.74) is -0.225. The van der Waals surface area contributed by atoms with Crippen LogP contribution in [0.3, 0.4) is 0 Å². The van der Waals surface area contributed by atoms with E-state index in [1.807, 2.05) is 0 Å². The highest BCUT2D eigenvalue weighted by Gasteiger charge is 2.20. The Morgan fingerprint density at radius 1 is 1.75 bits per heavy atom. The maximum absolute atomic E-state index is 10.3. The topological polar surface area (TPSA) is 76.3 Å². The number of halogens is 1. The highest BCUT2D eigenvalue weighted by molar-refractivity contribution is 6.31. The molecule has 0 aliphatic heterocycles. The van der Waals surface area contributed by atoms with Gasteiger partial charge < -0.3 is 5.11 Å². The van der Waals surface area contributed by atoms with Gasteiger partial charge in [-0.05, 0) is 6.92 Å².